The molecule has 134 valence electrons. The van der Waals surface area contributed by atoms with Crippen LogP contribution in [0.4, 0.5) is 0 Å². The highest BCUT2D eigenvalue weighted by Gasteiger charge is 2.34. The van der Waals surface area contributed by atoms with E-state index < -0.39 is 5.97 Å². The maximum absolute atomic E-state index is 12.6. The van der Waals surface area contributed by atoms with Crippen molar-refractivity contribution >= 4 is 17.7 Å². The third-order valence-electron chi connectivity index (χ3n) is 3.97. The van der Waals surface area contributed by atoms with Crippen molar-refractivity contribution in [3.8, 4) is 0 Å². The van der Waals surface area contributed by atoms with E-state index in [1.807, 2.05) is 37.3 Å². The van der Waals surface area contributed by atoms with Crippen molar-refractivity contribution in [2.75, 3.05) is 19.8 Å². The summed E-state index contributed by atoms with van der Waals surface area (Å²) in [6, 6.07) is 9.68. The van der Waals surface area contributed by atoms with E-state index in [-0.39, 0.29) is 25.0 Å². The molecule has 0 aliphatic carbocycles. The monoisotopic (exact) mass is 344 g/mol. The summed E-state index contributed by atoms with van der Waals surface area (Å²) in [7, 11) is 0. The normalized spacial score (nSPS) is 17.2. The lowest BCUT2D eigenvalue weighted by Gasteiger charge is -2.32. The van der Waals surface area contributed by atoms with Crippen LogP contribution in [0.1, 0.15) is 39.2 Å². The van der Waals surface area contributed by atoms with Gasteiger partial charge in [0.2, 0.25) is 0 Å². The Morgan fingerprint density at radius 2 is 1.72 bits per heavy atom. The Bertz CT molecular complexity index is 695. The molecule has 0 N–H and O–H groups in total. The van der Waals surface area contributed by atoms with Crippen LogP contribution in [0.2, 0.25) is 0 Å². The fourth-order valence-electron chi connectivity index (χ4n) is 2.89. The third kappa shape index (κ3) is 4.26. The van der Waals surface area contributed by atoms with Crippen LogP contribution in [0, 0.1) is 0 Å². The maximum Gasteiger partial charge on any atom is 0.336 e. The summed E-state index contributed by atoms with van der Waals surface area (Å²) in [4.78, 5) is 24.5. The molecule has 0 bridgehead atoms. The molecule has 1 unspecified atom stereocenters. The molecule has 0 aromatic heterocycles. The second kappa shape index (κ2) is 8.46. The zero-order valence-corrected chi connectivity index (χ0v) is 15.1. The molecule has 1 aromatic rings. The number of hydrazone groups is 1. The van der Waals surface area contributed by atoms with Gasteiger partial charge >= 0.3 is 11.9 Å². The first-order valence-corrected chi connectivity index (χ1v) is 8.40. The predicted molar refractivity (Wildman–Crippen MR) is 95.0 cm³/mol. The van der Waals surface area contributed by atoms with Crippen LogP contribution in [-0.4, -0.2) is 42.4 Å². The molecule has 0 fully saturated rings. The molecule has 0 saturated heterocycles. The van der Waals surface area contributed by atoms with Crippen molar-refractivity contribution < 1.29 is 19.1 Å². The molecule has 1 aromatic carbocycles. The highest BCUT2D eigenvalue weighted by atomic mass is 16.5. The first-order valence-electron chi connectivity index (χ1n) is 8.40. The van der Waals surface area contributed by atoms with Gasteiger partial charge in [-0.1, -0.05) is 30.3 Å². The van der Waals surface area contributed by atoms with Gasteiger partial charge in [-0.3, -0.25) is 9.80 Å². The number of rotatable bonds is 6. The molecular weight excluding hydrogens is 320 g/mol. The summed E-state index contributed by atoms with van der Waals surface area (Å²) in [5.41, 5.74) is 2.79. The number of hydrogen-bond donors (Lipinski definition) is 0. The molecule has 1 aliphatic rings. The first-order chi connectivity index (χ1) is 12.0. The van der Waals surface area contributed by atoms with Crippen molar-refractivity contribution in [2.24, 2.45) is 5.10 Å². The SMILES string of the molecule is CCOC(=O)CN1N=C(C)C(c2ccccc2)C(C(=O)OCC)=C1C. The minimum atomic E-state index is -0.392. The number of ether oxygens (including phenoxy) is 2. The van der Waals surface area contributed by atoms with Gasteiger partial charge in [0.1, 0.15) is 6.54 Å². The summed E-state index contributed by atoms with van der Waals surface area (Å²) in [6.45, 7) is 7.69. The molecule has 0 saturated carbocycles. The van der Waals surface area contributed by atoms with Crippen molar-refractivity contribution in [3.63, 3.8) is 0 Å². The summed E-state index contributed by atoms with van der Waals surface area (Å²) in [6.07, 6.45) is 0. The van der Waals surface area contributed by atoms with Gasteiger partial charge in [-0.05, 0) is 33.3 Å². The van der Waals surface area contributed by atoms with Gasteiger partial charge in [0, 0.05) is 11.4 Å². The van der Waals surface area contributed by atoms with E-state index in [1.54, 1.807) is 20.8 Å². The van der Waals surface area contributed by atoms with Gasteiger partial charge in [-0.15, -0.1) is 0 Å². The highest BCUT2D eigenvalue weighted by Crippen LogP contribution is 2.34. The average molecular weight is 344 g/mol. The van der Waals surface area contributed by atoms with Crippen molar-refractivity contribution in [1.82, 2.24) is 5.01 Å². The van der Waals surface area contributed by atoms with Gasteiger partial charge in [-0.2, -0.15) is 5.10 Å². The first kappa shape index (κ1) is 18.7. The smallest absolute Gasteiger partial charge is 0.336 e. The van der Waals surface area contributed by atoms with Crippen molar-refractivity contribution in [3.05, 3.63) is 47.2 Å². The number of carbonyl (C=O) groups excluding carboxylic acids is 2. The van der Waals surface area contributed by atoms with E-state index >= 15 is 0 Å². The van der Waals surface area contributed by atoms with Gasteiger partial charge in [0.05, 0.1) is 24.7 Å². The molecule has 1 atom stereocenters. The minimum absolute atomic E-state index is 0.0402. The number of carbonyl (C=O) groups is 2. The average Bonchev–Trinajstić information content (AvgIpc) is 2.58. The fraction of sp³-hybridized carbons (Fsp3) is 0.421. The second-order valence-corrected chi connectivity index (χ2v) is 5.67. The highest BCUT2D eigenvalue weighted by molar-refractivity contribution is 6.04. The predicted octanol–water partition coefficient (Wildman–Crippen LogP) is 2.86. The van der Waals surface area contributed by atoms with E-state index in [0.29, 0.717) is 17.9 Å². The van der Waals surface area contributed by atoms with Crippen LogP contribution >= 0.6 is 0 Å². The molecule has 6 nitrogen and oxygen atoms in total. The molecule has 1 aliphatic heterocycles. The minimum Gasteiger partial charge on any atom is -0.465 e. The van der Waals surface area contributed by atoms with E-state index in [1.165, 1.54) is 5.01 Å². The number of nitrogens with zero attached hydrogens (tertiary/aromatic N) is 2. The Morgan fingerprint density at radius 3 is 2.32 bits per heavy atom. The quantitative estimate of drug-likeness (QED) is 0.742. The summed E-state index contributed by atoms with van der Waals surface area (Å²) in [5.74, 6) is -1.07. The maximum atomic E-state index is 12.6. The lowest BCUT2D eigenvalue weighted by molar-refractivity contribution is -0.144. The second-order valence-electron chi connectivity index (χ2n) is 5.67. The molecule has 1 heterocycles. The Morgan fingerprint density at radius 1 is 1.08 bits per heavy atom. The lowest BCUT2D eigenvalue weighted by atomic mass is 9.85. The fourth-order valence-corrected chi connectivity index (χ4v) is 2.89. The van der Waals surface area contributed by atoms with Crippen molar-refractivity contribution in [1.29, 1.82) is 0 Å². The van der Waals surface area contributed by atoms with Crippen LogP contribution in [0.15, 0.2) is 46.7 Å². The van der Waals surface area contributed by atoms with Gasteiger partial charge < -0.3 is 9.47 Å². The van der Waals surface area contributed by atoms with E-state index in [0.717, 1.165) is 11.3 Å². The molecule has 0 spiro atoms. The largest absolute Gasteiger partial charge is 0.465 e. The Kier molecular flexibility index (Phi) is 6.33. The van der Waals surface area contributed by atoms with Gasteiger partial charge in [0.25, 0.3) is 0 Å². The van der Waals surface area contributed by atoms with Gasteiger partial charge in [0.15, 0.2) is 0 Å². The Labute approximate surface area is 148 Å². The third-order valence-corrected chi connectivity index (χ3v) is 3.97. The Balaban J connectivity index is 2.44. The molecule has 2 rings (SSSR count). The number of benzene rings is 1. The van der Waals surface area contributed by atoms with Gasteiger partial charge in [-0.25, -0.2) is 4.79 Å². The van der Waals surface area contributed by atoms with Crippen molar-refractivity contribution in [2.45, 2.75) is 33.6 Å². The summed E-state index contributed by atoms with van der Waals surface area (Å²) >= 11 is 0. The topological polar surface area (TPSA) is 68.2 Å². The number of hydrogen-bond acceptors (Lipinski definition) is 6. The molecular formula is C19H24N2O4. The van der Waals surface area contributed by atoms with E-state index in [4.69, 9.17) is 9.47 Å². The van der Waals surface area contributed by atoms with Crippen LogP contribution in [0.25, 0.3) is 0 Å². The van der Waals surface area contributed by atoms with Crippen LogP contribution in [0.5, 0.6) is 0 Å². The number of allylic oxidation sites excluding steroid dienone is 1. The van der Waals surface area contributed by atoms with Crippen LogP contribution < -0.4 is 0 Å². The molecule has 0 radical (unpaired) electrons. The van der Waals surface area contributed by atoms with E-state index in [9.17, 15) is 9.59 Å². The lowest BCUT2D eigenvalue weighted by Crippen LogP contribution is -2.35. The number of esters is 2. The molecule has 6 heteroatoms. The zero-order valence-electron chi connectivity index (χ0n) is 15.1. The standard InChI is InChI=1S/C19H24N2O4/c1-5-24-16(22)12-21-14(4)18(19(23)25-6-2)17(13(3)20-21)15-10-8-7-9-11-15/h7-11,17H,5-6,12H2,1-4H3. The summed E-state index contributed by atoms with van der Waals surface area (Å²) in [5, 5.41) is 6.03. The summed E-state index contributed by atoms with van der Waals surface area (Å²) < 4.78 is 10.3. The van der Waals surface area contributed by atoms with Crippen LogP contribution in [-0.2, 0) is 19.1 Å². The molecule has 25 heavy (non-hydrogen) atoms. The Hall–Kier alpha value is -2.63. The molecule has 0 amide bonds. The zero-order chi connectivity index (χ0) is 18.4. The van der Waals surface area contributed by atoms with E-state index in [2.05, 4.69) is 5.10 Å². The van der Waals surface area contributed by atoms with Crippen LogP contribution in [0.3, 0.4) is 0 Å².